The van der Waals surface area contributed by atoms with Crippen LogP contribution in [-0.2, 0) is 27.1 Å². The van der Waals surface area contributed by atoms with Crippen molar-refractivity contribution < 1.29 is 40.4 Å². The van der Waals surface area contributed by atoms with E-state index in [1.54, 1.807) is 6.26 Å². The van der Waals surface area contributed by atoms with Gasteiger partial charge in [-0.1, -0.05) is 36.4 Å². The Morgan fingerprint density at radius 3 is 2.29 bits per heavy atom. The Labute approximate surface area is 200 Å². The van der Waals surface area contributed by atoms with Crippen LogP contribution >= 0.6 is 11.8 Å². The van der Waals surface area contributed by atoms with Crippen molar-refractivity contribution in [3.63, 3.8) is 0 Å². The van der Waals surface area contributed by atoms with Crippen LogP contribution in [0.3, 0.4) is 0 Å². The minimum absolute atomic E-state index is 0.122. The maximum Gasteiger partial charge on any atom is 0.428 e. The predicted octanol–water partition coefficient (Wildman–Crippen LogP) is 5.41. The number of amides is 1. The standard InChI is InChI=1S/C23H19F7N2O2S/c1-35-11-19(33)32-12-20(24,13-32)15-7-5-14(6-8-15)18-10-21(34-31-18,23(28,29)30)16-3-2-4-17(9-16)22(25,26)27/h2-10,31H,11-13H2,1H3. The maximum atomic E-state index is 15.1. The van der Waals surface area contributed by atoms with Crippen LogP contribution in [0.1, 0.15) is 22.3 Å². The van der Waals surface area contributed by atoms with Crippen LogP contribution in [0.2, 0.25) is 0 Å². The number of alkyl halides is 7. The number of hydroxylamine groups is 1. The number of rotatable bonds is 5. The maximum absolute atomic E-state index is 15.1. The van der Waals surface area contributed by atoms with E-state index in [0.29, 0.717) is 18.2 Å². The zero-order valence-corrected chi connectivity index (χ0v) is 19.0. The molecule has 1 atom stereocenters. The Morgan fingerprint density at radius 1 is 1.06 bits per heavy atom. The summed E-state index contributed by atoms with van der Waals surface area (Å²) >= 11 is 1.33. The number of halogens is 7. The van der Waals surface area contributed by atoms with Crippen molar-refractivity contribution in [2.45, 2.75) is 23.6 Å². The summed E-state index contributed by atoms with van der Waals surface area (Å²) in [7, 11) is 0. The number of hydrogen-bond acceptors (Lipinski definition) is 4. The molecule has 188 valence electrons. The first-order valence-corrected chi connectivity index (χ1v) is 11.7. The number of nitrogens with zero attached hydrogens (tertiary/aromatic N) is 1. The molecule has 4 rings (SSSR count). The Bertz CT molecular complexity index is 1140. The van der Waals surface area contributed by atoms with E-state index in [0.717, 1.165) is 12.1 Å². The highest BCUT2D eigenvalue weighted by molar-refractivity contribution is 7.99. The number of hydrogen-bond donors (Lipinski definition) is 1. The molecule has 2 aliphatic rings. The Hall–Kier alpha value is -2.73. The van der Waals surface area contributed by atoms with E-state index >= 15 is 4.39 Å². The fourth-order valence-electron chi connectivity index (χ4n) is 3.99. The summed E-state index contributed by atoms with van der Waals surface area (Å²) in [5, 5.41) is 0. The van der Waals surface area contributed by atoms with Gasteiger partial charge in [0.1, 0.15) is 0 Å². The summed E-state index contributed by atoms with van der Waals surface area (Å²) in [5.41, 5.74) is -4.42. The van der Waals surface area contributed by atoms with E-state index in [1.165, 1.54) is 40.9 Å². The molecule has 2 aliphatic heterocycles. The average Bonchev–Trinajstić information content (AvgIpc) is 3.24. The van der Waals surface area contributed by atoms with Gasteiger partial charge in [0.25, 0.3) is 0 Å². The molecule has 2 heterocycles. The second-order valence-electron chi connectivity index (χ2n) is 8.30. The average molecular weight is 520 g/mol. The van der Waals surface area contributed by atoms with Gasteiger partial charge >= 0.3 is 12.4 Å². The molecule has 1 N–H and O–H groups in total. The SMILES string of the molecule is CSCC(=O)N1CC(F)(c2ccc(C3=CC(c4cccc(C(F)(F)F)c4)(C(F)(F)F)ON3)cc2)C1. The number of thioether (sulfide) groups is 1. The summed E-state index contributed by atoms with van der Waals surface area (Å²) in [5.74, 6) is 0.0553. The zero-order chi connectivity index (χ0) is 25.6. The molecule has 4 nitrogen and oxygen atoms in total. The van der Waals surface area contributed by atoms with Gasteiger partial charge in [-0.15, -0.1) is 0 Å². The van der Waals surface area contributed by atoms with Crippen LogP contribution in [0.5, 0.6) is 0 Å². The monoisotopic (exact) mass is 520 g/mol. The molecule has 1 saturated heterocycles. The second kappa shape index (κ2) is 8.74. The first-order chi connectivity index (χ1) is 16.3. The van der Waals surface area contributed by atoms with Crippen molar-refractivity contribution in [3.8, 4) is 0 Å². The summed E-state index contributed by atoms with van der Waals surface area (Å²) in [6, 6.07) is 8.39. The van der Waals surface area contributed by atoms with E-state index < -0.39 is 34.7 Å². The number of carbonyl (C=O) groups excluding carboxylic acids is 1. The predicted molar refractivity (Wildman–Crippen MR) is 116 cm³/mol. The van der Waals surface area contributed by atoms with E-state index in [1.807, 2.05) is 0 Å². The van der Waals surface area contributed by atoms with Crippen LogP contribution in [0.25, 0.3) is 5.70 Å². The Kier molecular flexibility index (Phi) is 6.33. The van der Waals surface area contributed by atoms with Gasteiger partial charge in [0.15, 0.2) is 5.67 Å². The smallest absolute Gasteiger partial charge is 0.335 e. The lowest BCUT2D eigenvalue weighted by atomic mass is 9.87. The molecule has 0 aliphatic carbocycles. The highest BCUT2D eigenvalue weighted by Gasteiger charge is 2.60. The van der Waals surface area contributed by atoms with Crippen molar-refractivity contribution in [1.29, 1.82) is 0 Å². The molecule has 0 bridgehead atoms. The first-order valence-electron chi connectivity index (χ1n) is 10.3. The molecular formula is C23H19F7N2O2S. The van der Waals surface area contributed by atoms with E-state index in [4.69, 9.17) is 4.84 Å². The molecule has 1 unspecified atom stereocenters. The zero-order valence-electron chi connectivity index (χ0n) is 18.1. The van der Waals surface area contributed by atoms with Gasteiger partial charge in [-0.3, -0.25) is 15.1 Å². The lowest BCUT2D eigenvalue weighted by Gasteiger charge is -2.44. The summed E-state index contributed by atoms with van der Waals surface area (Å²) < 4.78 is 96.6. The van der Waals surface area contributed by atoms with E-state index in [-0.39, 0.29) is 41.6 Å². The summed E-state index contributed by atoms with van der Waals surface area (Å²) in [6.45, 7) is -0.245. The topological polar surface area (TPSA) is 41.6 Å². The van der Waals surface area contributed by atoms with Crippen LogP contribution in [0.4, 0.5) is 30.7 Å². The molecule has 0 saturated carbocycles. The molecule has 2 aromatic carbocycles. The van der Waals surface area contributed by atoms with Crippen LogP contribution in [0, 0.1) is 0 Å². The third-order valence-electron chi connectivity index (χ3n) is 5.93. The minimum Gasteiger partial charge on any atom is -0.335 e. The normalized spacial score (nSPS) is 21.8. The third kappa shape index (κ3) is 4.61. The Balaban J connectivity index is 1.60. The third-order valence-corrected chi connectivity index (χ3v) is 6.46. The fraction of sp³-hybridized carbons (Fsp3) is 0.348. The van der Waals surface area contributed by atoms with Crippen molar-refractivity contribution >= 4 is 23.4 Å². The second-order valence-corrected chi connectivity index (χ2v) is 9.17. The van der Waals surface area contributed by atoms with Crippen LogP contribution in [-0.4, -0.2) is 42.1 Å². The molecule has 2 aromatic rings. The fourth-order valence-corrected chi connectivity index (χ4v) is 4.42. The lowest BCUT2D eigenvalue weighted by Crippen LogP contribution is -2.59. The molecule has 0 aromatic heterocycles. The van der Waals surface area contributed by atoms with Crippen molar-refractivity contribution in [2.75, 3.05) is 25.1 Å². The van der Waals surface area contributed by atoms with Crippen molar-refractivity contribution in [2.24, 2.45) is 0 Å². The molecule has 12 heteroatoms. The van der Waals surface area contributed by atoms with Gasteiger partial charge in [0, 0.05) is 5.56 Å². The first kappa shape index (κ1) is 25.4. The minimum atomic E-state index is -5.09. The highest BCUT2D eigenvalue weighted by Crippen LogP contribution is 2.48. The largest absolute Gasteiger partial charge is 0.428 e. The van der Waals surface area contributed by atoms with Gasteiger partial charge in [0.2, 0.25) is 11.5 Å². The van der Waals surface area contributed by atoms with Gasteiger partial charge < -0.3 is 4.90 Å². The van der Waals surface area contributed by atoms with Gasteiger partial charge in [-0.05, 0) is 35.6 Å². The lowest BCUT2D eigenvalue weighted by molar-refractivity contribution is -0.269. The van der Waals surface area contributed by atoms with Crippen molar-refractivity contribution in [3.05, 3.63) is 76.9 Å². The number of likely N-dealkylation sites (tertiary alicyclic amines) is 1. The quantitative estimate of drug-likeness (QED) is 0.536. The molecule has 0 radical (unpaired) electrons. The van der Waals surface area contributed by atoms with Gasteiger partial charge in [-0.25, -0.2) is 4.39 Å². The van der Waals surface area contributed by atoms with E-state index in [9.17, 15) is 31.1 Å². The van der Waals surface area contributed by atoms with Crippen LogP contribution < -0.4 is 5.48 Å². The van der Waals surface area contributed by atoms with Crippen molar-refractivity contribution in [1.82, 2.24) is 10.4 Å². The number of benzene rings is 2. The molecule has 0 spiro atoms. The van der Waals surface area contributed by atoms with Gasteiger partial charge in [0.05, 0.1) is 30.1 Å². The van der Waals surface area contributed by atoms with Gasteiger partial charge in [-0.2, -0.15) is 38.1 Å². The molecule has 35 heavy (non-hydrogen) atoms. The van der Waals surface area contributed by atoms with Crippen LogP contribution in [0.15, 0.2) is 54.6 Å². The number of carbonyl (C=O) groups is 1. The summed E-state index contributed by atoms with van der Waals surface area (Å²) in [4.78, 5) is 18.1. The summed E-state index contributed by atoms with van der Waals surface area (Å²) in [6.07, 6.45) is -7.51. The molecular weight excluding hydrogens is 501 g/mol. The Morgan fingerprint density at radius 2 is 1.71 bits per heavy atom. The molecule has 1 fully saturated rings. The number of nitrogens with one attached hydrogen (secondary N) is 1. The highest BCUT2D eigenvalue weighted by atomic mass is 32.2. The molecule has 1 amide bonds. The van der Waals surface area contributed by atoms with E-state index in [2.05, 4.69) is 5.48 Å².